The summed E-state index contributed by atoms with van der Waals surface area (Å²) in [4.78, 5) is 7.25. The molecule has 0 spiro atoms. The molecule has 2 aromatic heterocycles. The van der Waals surface area contributed by atoms with Crippen LogP contribution in [0.2, 0.25) is 5.02 Å². The van der Waals surface area contributed by atoms with Gasteiger partial charge < -0.3 is 9.61 Å². The molecule has 170 valence electrons. The van der Waals surface area contributed by atoms with Crippen molar-refractivity contribution in [3.63, 3.8) is 0 Å². The molecule has 0 atom stereocenters. The summed E-state index contributed by atoms with van der Waals surface area (Å²) < 4.78 is 7.52. The molecule has 0 bridgehead atoms. The first-order chi connectivity index (χ1) is 16.1. The molecule has 0 aliphatic carbocycles. The second-order valence-corrected chi connectivity index (χ2v) is 9.57. The molecular weight excluding hydrogens is 525 g/mol. The van der Waals surface area contributed by atoms with Gasteiger partial charge in [-0.3, -0.25) is 4.90 Å². The van der Waals surface area contributed by atoms with Crippen molar-refractivity contribution in [2.75, 3.05) is 18.4 Å². The molecule has 1 fully saturated rings. The number of aromatic nitrogens is 3. The summed E-state index contributed by atoms with van der Waals surface area (Å²) in [6.07, 6.45) is 3.82. The highest BCUT2D eigenvalue weighted by atomic mass is 79.9. The number of likely N-dealkylation sites (tertiary alicyclic amines) is 1. The van der Waals surface area contributed by atoms with Crippen LogP contribution in [0.3, 0.4) is 0 Å². The van der Waals surface area contributed by atoms with Crippen molar-refractivity contribution >= 4 is 50.9 Å². The summed E-state index contributed by atoms with van der Waals surface area (Å²) >= 11 is 15.5. The van der Waals surface area contributed by atoms with Crippen molar-refractivity contribution in [1.82, 2.24) is 19.5 Å². The fraction of sp³-hybridized carbons (Fsp3) is 0.250. The lowest BCUT2D eigenvalue weighted by Gasteiger charge is -2.33. The van der Waals surface area contributed by atoms with Crippen LogP contribution in [0.15, 0.2) is 65.3 Å². The SMILES string of the molecule is ClOc1cccc(CN2CCC(Nc3cc(-c4ccccc4Cl)nc4c(Br)cnn34)CC2)c1. The van der Waals surface area contributed by atoms with E-state index in [1.54, 1.807) is 6.20 Å². The molecule has 0 saturated carbocycles. The average Bonchev–Trinajstić information content (AvgIpc) is 3.22. The van der Waals surface area contributed by atoms with Crippen LogP contribution >= 0.6 is 39.4 Å². The molecule has 0 amide bonds. The van der Waals surface area contributed by atoms with E-state index in [1.165, 1.54) is 5.56 Å². The molecule has 2 aromatic carbocycles. The smallest absolute Gasteiger partial charge is 0.172 e. The van der Waals surface area contributed by atoms with E-state index in [-0.39, 0.29) is 0 Å². The molecule has 1 saturated heterocycles. The van der Waals surface area contributed by atoms with Gasteiger partial charge >= 0.3 is 0 Å². The summed E-state index contributed by atoms with van der Waals surface area (Å²) in [6, 6.07) is 18.0. The third-order valence-corrected chi connectivity index (χ3v) is 6.98. The first kappa shape index (κ1) is 22.5. The third-order valence-electron chi connectivity index (χ3n) is 5.91. The van der Waals surface area contributed by atoms with Crippen LogP contribution in [0.5, 0.6) is 5.75 Å². The molecule has 1 aliphatic heterocycles. The fourth-order valence-corrected chi connectivity index (χ4v) is 4.92. The Hall–Kier alpha value is -2.32. The van der Waals surface area contributed by atoms with Crippen molar-refractivity contribution in [3.05, 3.63) is 75.9 Å². The van der Waals surface area contributed by atoms with Crippen LogP contribution < -0.4 is 9.61 Å². The van der Waals surface area contributed by atoms with Crippen molar-refractivity contribution < 1.29 is 4.29 Å². The van der Waals surface area contributed by atoms with Gasteiger partial charge in [-0.2, -0.15) is 9.61 Å². The summed E-state index contributed by atoms with van der Waals surface area (Å²) in [6.45, 7) is 2.87. The number of nitrogens with zero attached hydrogens (tertiary/aromatic N) is 4. The number of benzene rings is 2. The van der Waals surface area contributed by atoms with E-state index in [4.69, 9.17) is 32.7 Å². The van der Waals surface area contributed by atoms with Crippen molar-refractivity contribution in [2.45, 2.75) is 25.4 Å². The summed E-state index contributed by atoms with van der Waals surface area (Å²) in [5.74, 6) is 1.58. The Morgan fingerprint density at radius 1 is 1.09 bits per heavy atom. The molecule has 9 heteroatoms. The van der Waals surface area contributed by atoms with Gasteiger partial charge in [0, 0.05) is 42.3 Å². The molecular formula is C24H22BrCl2N5O. The summed E-state index contributed by atoms with van der Waals surface area (Å²) in [5, 5.41) is 8.88. The zero-order valence-corrected chi connectivity index (χ0v) is 20.8. The Kier molecular flexibility index (Phi) is 6.74. The van der Waals surface area contributed by atoms with Crippen molar-refractivity contribution in [1.29, 1.82) is 0 Å². The molecule has 4 aromatic rings. The lowest BCUT2D eigenvalue weighted by atomic mass is 10.0. The number of halogens is 3. The lowest BCUT2D eigenvalue weighted by Crippen LogP contribution is -2.39. The Balaban J connectivity index is 1.32. The Labute approximate surface area is 210 Å². The molecule has 5 rings (SSSR count). The predicted octanol–water partition coefficient (Wildman–Crippen LogP) is 6.42. The fourth-order valence-electron chi connectivity index (χ4n) is 4.24. The maximum Gasteiger partial charge on any atom is 0.172 e. The summed E-state index contributed by atoms with van der Waals surface area (Å²) in [7, 11) is 0. The molecule has 0 unspecified atom stereocenters. The van der Waals surface area contributed by atoms with E-state index >= 15 is 0 Å². The van der Waals surface area contributed by atoms with E-state index in [2.05, 4.69) is 37.3 Å². The van der Waals surface area contributed by atoms with Gasteiger partial charge in [-0.25, -0.2) is 4.98 Å². The Morgan fingerprint density at radius 2 is 1.91 bits per heavy atom. The van der Waals surface area contributed by atoms with Crippen molar-refractivity contribution in [3.8, 4) is 17.0 Å². The molecule has 0 radical (unpaired) electrons. The number of hydrogen-bond donors (Lipinski definition) is 1. The van der Waals surface area contributed by atoms with Gasteiger partial charge in [0.05, 0.1) is 16.4 Å². The average molecular weight is 547 g/mol. The number of rotatable bonds is 6. The first-order valence-electron chi connectivity index (χ1n) is 10.8. The zero-order valence-electron chi connectivity index (χ0n) is 17.7. The quantitative estimate of drug-likeness (QED) is 0.302. The van der Waals surface area contributed by atoms with E-state index < -0.39 is 0 Å². The minimum atomic E-state index is 0.339. The van der Waals surface area contributed by atoms with Crippen LogP contribution in [-0.4, -0.2) is 38.6 Å². The largest absolute Gasteiger partial charge is 0.386 e. The van der Waals surface area contributed by atoms with Crippen LogP contribution in [0, 0.1) is 0 Å². The van der Waals surface area contributed by atoms with E-state index in [0.29, 0.717) is 16.8 Å². The van der Waals surface area contributed by atoms with Gasteiger partial charge in [0.1, 0.15) is 23.4 Å². The number of anilines is 1. The molecule has 1 aliphatic rings. The zero-order chi connectivity index (χ0) is 22.8. The highest BCUT2D eigenvalue weighted by Gasteiger charge is 2.21. The predicted molar refractivity (Wildman–Crippen MR) is 136 cm³/mol. The van der Waals surface area contributed by atoms with E-state index in [9.17, 15) is 0 Å². The van der Waals surface area contributed by atoms with Crippen LogP contribution in [0.4, 0.5) is 5.82 Å². The molecule has 1 N–H and O–H groups in total. The van der Waals surface area contributed by atoms with Crippen LogP contribution in [0.1, 0.15) is 18.4 Å². The normalized spacial score (nSPS) is 15.1. The van der Waals surface area contributed by atoms with Gasteiger partial charge in [-0.05, 0) is 52.5 Å². The van der Waals surface area contributed by atoms with E-state index in [1.807, 2.05) is 53.0 Å². The number of piperidine rings is 1. The van der Waals surface area contributed by atoms with Crippen LogP contribution in [0.25, 0.3) is 16.9 Å². The number of fused-ring (bicyclic) bond motifs is 1. The Morgan fingerprint density at radius 3 is 2.70 bits per heavy atom. The number of hydrogen-bond acceptors (Lipinski definition) is 5. The minimum Gasteiger partial charge on any atom is -0.386 e. The maximum absolute atomic E-state index is 6.45. The monoisotopic (exact) mass is 545 g/mol. The lowest BCUT2D eigenvalue weighted by molar-refractivity contribution is 0.211. The first-order valence-corrected chi connectivity index (χ1v) is 12.2. The molecule has 3 heterocycles. The van der Waals surface area contributed by atoms with Crippen molar-refractivity contribution in [2.24, 2.45) is 0 Å². The number of nitrogens with one attached hydrogen (secondary N) is 1. The van der Waals surface area contributed by atoms with Gasteiger partial charge in [0.2, 0.25) is 0 Å². The molecule has 33 heavy (non-hydrogen) atoms. The van der Waals surface area contributed by atoms with Gasteiger partial charge in [0.15, 0.2) is 5.65 Å². The standard InChI is InChI=1S/C24H22BrCl2N5O/c25-20-14-28-32-23(13-22(30-24(20)32)19-6-1-2-7-21(19)26)29-17-8-10-31(11-9-17)15-16-4-3-5-18(12-16)33-27/h1-7,12-14,17,29H,8-11,15H2. The second kappa shape index (κ2) is 9.89. The highest BCUT2D eigenvalue weighted by molar-refractivity contribution is 9.10. The molecule has 6 nitrogen and oxygen atoms in total. The third kappa shape index (κ3) is 4.96. The van der Waals surface area contributed by atoms with Gasteiger partial charge in [-0.15, -0.1) is 0 Å². The minimum absolute atomic E-state index is 0.339. The van der Waals surface area contributed by atoms with Gasteiger partial charge in [0.25, 0.3) is 0 Å². The Bertz CT molecular complexity index is 1270. The topological polar surface area (TPSA) is 54.7 Å². The second-order valence-electron chi connectivity index (χ2n) is 8.15. The van der Waals surface area contributed by atoms with Gasteiger partial charge in [-0.1, -0.05) is 41.9 Å². The highest BCUT2D eigenvalue weighted by Crippen LogP contribution is 2.31. The summed E-state index contributed by atoms with van der Waals surface area (Å²) in [5.41, 5.74) is 3.67. The van der Waals surface area contributed by atoms with Crippen LogP contribution in [-0.2, 0) is 6.54 Å². The maximum atomic E-state index is 6.45. The van der Waals surface area contributed by atoms with E-state index in [0.717, 1.165) is 59.7 Å².